The van der Waals surface area contributed by atoms with Crippen LogP contribution in [0.5, 0.6) is 5.75 Å². The van der Waals surface area contributed by atoms with Crippen LogP contribution in [0.4, 0.5) is 4.39 Å². The van der Waals surface area contributed by atoms with Gasteiger partial charge in [0.25, 0.3) is 0 Å². The monoisotopic (exact) mass is 178 g/mol. The highest BCUT2D eigenvalue weighted by atomic mass is 19.1. The van der Waals surface area contributed by atoms with Crippen molar-refractivity contribution in [3.63, 3.8) is 0 Å². The standard InChI is InChI=1S/C9H7FN2O/c10-8-5-12-6(4-11)3-9(8)13-7-1-2-7/h3,5,7H,1-2H2. The minimum Gasteiger partial charge on any atom is -0.487 e. The van der Waals surface area contributed by atoms with Crippen molar-refractivity contribution >= 4 is 0 Å². The van der Waals surface area contributed by atoms with Gasteiger partial charge in [0.2, 0.25) is 0 Å². The molecule has 0 unspecified atom stereocenters. The molecule has 0 amide bonds. The molecule has 3 nitrogen and oxygen atoms in total. The van der Waals surface area contributed by atoms with Gasteiger partial charge in [0.05, 0.1) is 12.3 Å². The Kier molecular flexibility index (Phi) is 1.85. The lowest BCUT2D eigenvalue weighted by Gasteiger charge is -2.04. The average Bonchev–Trinajstić information content (AvgIpc) is 2.93. The van der Waals surface area contributed by atoms with Crippen LogP contribution in [0.25, 0.3) is 0 Å². The van der Waals surface area contributed by atoms with E-state index in [1.165, 1.54) is 6.07 Å². The van der Waals surface area contributed by atoms with E-state index in [9.17, 15) is 4.39 Å². The molecule has 1 aliphatic rings. The number of halogens is 1. The van der Waals surface area contributed by atoms with Crippen molar-refractivity contribution in [3.8, 4) is 11.8 Å². The fraction of sp³-hybridized carbons (Fsp3) is 0.333. The van der Waals surface area contributed by atoms with Gasteiger partial charge in [0.15, 0.2) is 11.6 Å². The Labute approximate surface area is 74.8 Å². The summed E-state index contributed by atoms with van der Waals surface area (Å²) in [5, 5.41) is 8.51. The zero-order valence-corrected chi connectivity index (χ0v) is 6.83. The van der Waals surface area contributed by atoms with Gasteiger partial charge in [-0.1, -0.05) is 0 Å². The first-order valence-electron chi connectivity index (χ1n) is 4.02. The van der Waals surface area contributed by atoms with Gasteiger partial charge in [0, 0.05) is 6.07 Å². The molecule has 0 saturated heterocycles. The third kappa shape index (κ3) is 1.75. The molecular weight excluding hydrogens is 171 g/mol. The van der Waals surface area contributed by atoms with Gasteiger partial charge in [-0.3, -0.25) is 0 Å². The number of nitriles is 1. The Bertz CT molecular complexity index is 368. The van der Waals surface area contributed by atoms with Crippen molar-refractivity contribution in [2.45, 2.75) is 18.9 Å². The first-order chi connectivity index (χ1) is 6.29. The van der Waals surface area contributed by atoms with Crippen LogP contribution >= 0.6 is 0 Å². The smallest absolute Gasteiger partial charge is 0.183 e. The second kappa shape index (κ2) is 3.02. The highest BCUT2D eigenvalue weighted by Crippen LogP contribution is 2.28. The number of aromatic nitrogens is 1. The van der Waals surface area contributed by atoms with E-state index in [2.05, 4.69) is 4.98 Å². The molecule has 2 rings (SSSR count). The van der Waals surface area contributed by atoms with Crippen molar-refractivity contribution in [2.24, 2.45) is 0 Å². The lowest BCUT2D eigenvalue weighted by Crippen LogP contribution is -1.99. The van der Waals surface area contributed by atoms with Gasteiger partial charge in [-0.15, -0.1) is 0 Å². The van der Waals surface area contributed by atoms with E-state index in [0.717, 1.165) is 19.0 Å². The number of hydrogen-bond acceptors (Lipinski definition) is 3. The summed E-state index contributed by atoms with van der Waals surface area (Å²) in [5.41, 5.74) is 0.178. The van der Waals surface area contributed by atoms with Crippen LogP contribution < -0.4 is 4.74 Å². The Morgan fingerprint density at radius 1 is 1.62 bits per heavy atom. The lowest BCUT2D eigenvalue weighted by atomic mass is 10.3. The molecule has 1 saturated carbocycles. The summed E-state index contributed by atoms with van der Waals surface area (Å²) in [7, 11) is 0. The van der Waals surface area contributed by atoms with Crippen LogP contribution in [-0.2, 0) is 0 Å². The van der Waals surface area contributed by atoms with Crippen molar-refractivity contribution in [3.05, 3.63) is 23.8 Å². The third-order valence-corrected chi connectivity index (χ3v) is 1.75. The highest BCUT2D eigenvalue weighted by Gasteiger charge is 2.24. The van der Waals surface area contributed by atoms with E-state index in [-0.39, 0.29) is 17.5 Å². The molecular formula is C9H7FN2O. The number of hydrogen-bond donors (Lipinski definition) is 0. The van der Waals surface area contributed by atoms with Crippen molar-refractivity contribution in [1.29, 1.82) is 5.26 Å². The Hall–Kier alpha value is -1.63. The predicted molar refractivity (Wildman–Crippen MR) is 42.6 cm³/mol. The van der Waals surface area contributed by atoms with Crippen molar-refractivity contribution in [2.75, 3.05) is 0 Å². The normalized spacial score (nSPS) is 15.1. The fourth-order valence-electron chi connectivity index (χ4n) is 0.937. The molecule has 0 aromatic carbocycles. The third-order valence-electron chi connectivity index (χ3n) is 1.75. The van der Waals surface area contributed by atoms with Gasteiger partial charge in [0.1, 0.15) is 11.8 Å². The maximum atomic E-state index is 13.0. The first-order valence-corrected chi connectivity index (χ1v) is 4.02. The van der Waals surface area contributed by atoms with Crippen LogP contribution in [0.15, 0.2) is 12.3 Å². The zero-order valence-electron chi connectivity index (χ0n) is 6.83. The number of ether oxygens (including phenoxy) is 1. The maximum absolute atomic E-state index is 13.0. The van der Waals surface area contributed by atoms with Crippen molar-refractivity contribution in [1.82, 2.24) is 4.98 Å². The van der Waals surface area contributed by atoms with Gasteiger partial charge in [-0.05, 0) is 12.8 Å². The molecule has 0 aliphatic heterocycles. The average molecular weight is 178 g/mol. The van der Waals surface area contributed by atoms with E-state index >= 15 is 0 Å². The first kappa shape index (κ1) is 7.99. The summed E-state index contributed by atoms with van der Waals surface area (Å²) in [5.74, 6) is -0.375. The zero-order chi connectivity index (χ0) is 9.26. The largest absolute Gasteiger partial charge is 0.487 e. The molecule has 0 radical (unpaired) electrons. The Morgan fingerprint density at radius 2 is 2.38 bits per heavy atom. The molecule has 1 aromatic rings. The topological polar surface area (TPSA) is 45.9 Å². The van der Waals surface area contributed by atoms with Gasteiger partial charge in [-0.2, -0.15) is 5.26 Å². The van der Waals surface area contributed by atoms with Crippen LogP contribution in [0, 0.1) is 17.1 Å². The summed E-state index contributed by atoms with van der Waals surface area (Å²) in [4.78, 5) is 3.57. The molecule has 4 heteroatoms. The van der Waals surface area contributed by atoms with E-state index in [4.69, 9.17) is 10.00 Å². The quantitative estimate of drug-likeness (QED) is 0.691. The van der Waals surface area contributed by atoms with Crippen LogP contribution in [-0.4, -0.2) is 11.1 Å². The number of pyridine rings is 1. The molecule has 1 heterocycles. The Morgan fingerprint density at radius 3 is 3.00 bits per heavy atom. The maximum Gasteiger partial charge on any atom is 0.183 e. The molecule has 0 spiro atoms. The van der Waals surface area contributed by atoms with Crippen molar-refractivity contribution < 1.29 is 9.13 Å². The Balaban J connectivity index is 2.25. The second-order valence-corrected chi connectivity index (χ2v) is 2.93. The molecule has 13 heavy (non-hydrogen) atoms. The van der Waals surface area contributed by atoms with Crippen LogP contribution in [0.2, 0.25) is 0 Å². The minimum atomic E-state index is -0.508. The van der Waals surface area contributed by atoms with E-state index in [0.29, 0.717) is 0 Å². The molecule has 1 aromatic heterocycles. The summed E-state index contributed by atoms with van der Waals surface area (Å²) in [6.45, 7) is 0. The van der Waals surface area contributed by atoms with Crippen LogP contribution in [0.3, 0.4) is 0 Å². The fourth-order valence-corrected chi connectivity index (χ4v) is 0.937. The molecule has 0 atom stereocenters. The molecule has 66 valence electrons. The SMILES string of the molecule is N#Cc1cc(OC2CC2)c(F)cn1. The van der Waals surface area contributed by atoms with E-state index < -0.39 is 5.82 Å². The van der Waals surface area contributed by atoms with Gasteiger partial charge < -0.3 is 4.74 Å². The summed E-state index contributed by atoms with van der Waals surface area (Å²) in [6, 6.07) is 3.16. The number of rotatable bonds is 2. The van der Waals surface area contributed by atoms with Gasteiger partial charge in [-0.25, -0.2) is 9.37 Å². The number of nitrogens with zero attached hydrogens (tertiary/aromatic N) is 2. The molecule has 1 aliphatic carbocycles. The molecule has 0 bridgehead atoms. The summed E-state index contributed by atoms with van der Waals surface area (Å²) in [6.07, 6.45) is 3.06. The van der Waals surface area contributed by atoms with E-state index in [1.54, 1.807) is 0 Å². The predicted octanol–water partition coefficient (Wildman–Crippen LogP) is 1.63. The molecule has 0 N–H and O–H groups in total. The summed E-state index contributed by atoms with van der Waals surface area (Å²) >= 11 is 0. The second-order valence-electron chi connectivity index (χ2n) is 2.93. The highest BCUT2D eigenvalue weighted by molar-refractivity contribution is 5.31. The lowest BCUT2D eigenvalue weighted by molar-refractivity contribution is 0.286. The summed E-state index contributed by atoms with van der Waals surface area (Å²) < 4.78 is 18.2. The van der Waals surface area contributed by atoms with Crippen LogP contribution in [0.1, 0.15) is 18.5 Å². The minimum absolute atomic E-state index is 0.128. The molecule has 1 fully saturated rings. The van der Waals surface area contributed by atoms with E-state index in [1.807, 2.05) is 6.07 Å². The van der Waals surface area contributed by atoms with Gasteiger partial charge >= 0.3 is 0 Å².